The Morgan fingerprint density at radius 2 is 1.63 bits per heavy atom. The Bertz CT molecular complexity index is 1430. The molecule has 0 aliphatic carbocycles. The molecule has 4 aromatic rings. The number of hydrogen-bond acceptors (Lipinski definition) is 5. The van der Waals surface area contributed by atoms with Gasteiger partial charge in [-0.1, -0.05) is 60.3 Å². The van der Waals surface area contributed by atoms with Crippen molar-refractivity contribution in [3.05, 3.63) is 99.8 Å². The van der Waals surface area contributed by atoms with Gasteiger partial charge in [-0.15, -0.1) is 0 Å². The molecule has 6 nitrogen and oxygen atoms in total. The minimum atomic E-state index is -0.614. The van der Waals surface area contributed by atoms with Crippen LogP contribution in [0.15, 0.2) is 82.7 Å². The van der Waals surface area contributed by atoms with E-state index >= 15 is 0 Å². The Hall–Kier alpha value is -3.71. The molecule has 1 amide bonds. The van der Waals surface area contributed by atoms with Crippen LogP contribution in [-0.4, -0.2) is 33.0 Å². The van der Waals surface area contributed by atoms with Crippen LogP contribution in [-0.2, 0) is 16.0 Å². The quantitative estimate of drug-likeness (QED) is 0.295. The van der Waals surface area contributed by atoms with E-state index in [1.54, 1.807) is 16.7 Å². The average molecular weight is 486 g/mol. The van der Waals surface area contributed by atoms with Crippen LogP contribution < -0.4 is 10.9 Å². The van der Waals surface area contributed by atoms with Gasteiger partial charge in [0.15, 0.2) is 10.9 Å². The van der Waals surface area contributed by atoms with Gasteiger partial charge < -0.3 is 5.32 Å². The number of ketones is 1. The summed E-state index contributed by atoms with van der Waals surface area (Å²) in [6, 6.07) is 22.1. The average Bonchev–Trinajstić information content (AvgIpc) is 2.82. The third kappa shape index (κ3) is 5.87. The number of para-hydroxylation sites is 1. The van der Waals surface area contributed by atoms with Crippen molar-refractivity contribution in [2.45, 2.75) is 38.4 Å². The molecule has 7 heteroatoms. The number of nitrogens with one attached hydrogen (secondary N) is 1. The second-order valence-electron chi connectivity index (χ2n) is 8.61. The SMILES string of the molecule is CC(=O)[C@@H](Cc1ccccc1)NC(=O)CSc1nc2ccccc2c(=O)n1-c1cc(C)cc(C)c1. The van der Waals surface area contributed by atoms with Gasteiger partial charge in [0.1, 0.15) is 0 Å². The van der Waals surface area contributed by atoms with Crippen molar-refractivity contribution in [3.63, 3.8) is 0 Å². The molecule has 1 N–H and O–H groups in total. The van der Waals surface area contributed by atoms with Crippen LogP contribution in [0.3, 0.4) is 0 Å². The second kappa shape index (κ2) is 10.7. The maximum atomic E-state index is 13.5. The largest absolute Gasteiger partial charge is 0.345 e. The van der Waals surface area contributed by atoms with Crippen molar-refractivity contribution in [2.75, 3.05) is 5.75 Å². The fourth-order valence-electron chi connectivity index (χ4n) is 4.03. The normalized spacial score (nSPS) is 11.9. The zero-order valence-electron chi connectivity index (χ0n) is 19.9. The number of rotatable bonds is 8. The highest BCUT2D eigenvalue weighted by Crippen LogP contribution is 2.23. The van der Waals surface area contributed by atoms with E-state index in [0.29, 0.717) is 28.2 Å². The number of nitrogens with zero attached hydrogens (tertiary/aromatic N) is 2. The smallest absolute Gasteiger partial charge is 0.266 e. The summed E-state index contributed by atoms with van der Waals surface area (Å²) in [5, 5.41) is 3.78. The summed E-state index contributed by atoms with van der Waals surface area (Å²) in [5.74, 6) is -0.377. The van der Waals surface area contributed by atoms with Crippen LogP contribution >= 0.6 is 11.8 Å². The Morgan fingerprint density at radius 1 is 0.971 bits per heavy atom. The zero-order chi connectivity index (χ0) is 24.9. The molecular weight excluding hydrogens is 458 g/mol. The third-order valence-electron chi connectivity index (χ3n) is 5.65. The van der Waals surface area contributed by atoms with Crippen molar-refractivity contribution in [3.8, 4) is 5.69 Å². The van der Waals surface area contributed by atoms with E-state index in [0.717, 1.165) is 16.7 Å². The van der Waals surface area contributed by atoms with Crippen molar-refractivity contribution in [2.24, 2.45) is 0 Å². The van der Waals surface area contributed by atoms with Crippen LogP contribution in [0.1, 0.15) is 23.6 Å². The molecule has 0 unspecified atom stereocenters. The Labute approximate surface area is 208 Å². The van der Waals surface area contributed by atoms with E-state index in [-0.39, 0.29) is 23.0 Å². The third-order valence-corrected chi connectivity index (χ3v) is 6.59. The Morgan fingerprint density at radius 3 is 2.31 bits per heavy atom. The Balaban J connectivity index is 1.61. The minimum absolute atomic E-state index is 0.0220. The molecule has 1 atom stereocenters. The molecule has 3 aromatic carbocycles. The van der Waals surface area contributed by atoms with Crippen LogP contribution in [0, 0.1) is 13.8 Å². The van der Waals surface area contributed by atoms with Crippen molar-refractivity contribution < 1.29 is 9.59 Å². The van der Waals surface area contributed by atoms with E-state index in [2.05, 4.69) is 5.32 Å². The Kier molecular flexibility index (Phi) is 7.46. The van der Waals surface area contributed by atoms with Crippen molar-refractivity contribution in [1.29, 1.82) is 0 Å². The van der Waals surface area contributed by atoms with Gasteiger partial charge in [0.05, 0.1) is 28.4 Å². The molecule has 0 aliphatic heterocycles. The molecular formula is C28H27N3O3S. The predicted octanol–water partition coefficient (Wildman–Crippen LogP) is 4.41. The van der Waals surface area contributed by atoms with Gasteiger partial charge in [0, 0.05) is 0 Å². The summed E-state index contributed by atoms with van der Waals surface area (Å²) in [6.07, 6.45) is 0.425. The van der Waals surface area contributed by atoms with Gasteiger partial charge in [-0.05, 0) is 68.1 Å². The molecule has 1 aromatic heterocycles. The predicted molar refractivity (Wildman–Crippen MR) is 140 cm³/mol. The number of Topliss-reactive ketones (excluding diaryl/α,β-unsaturated/α-hetero) is 1. The van der Waals surface area contributed by atoms with Crippen molar-refractivity contribution in [1.82, 2.24) is 14.9 Å². The van der Waals surface area contributed by atoms with Crippen LogP contribution in [0.4, 0.5) is 0 Å². The summed E-state index contributed by atoms with van der Waals surface area (Å²) < 4.78 is 1.56. The molecule has 0 spiro atoms. The summed E-state index contributed by atoms with van der Waals surface area (Å²) in [5.41, 5.74) is 4.12. The highest BCUT2D eigenvalue weighted by Gasteiger charge is 2.20. The molecule has 178 valence electrons. The first-order valence-electron chi connectivity index (χ1n) is 11.4. The van der Waals surface area contributed by atoms with E-state index < -0.39 is 6.04 Å². The number of carbonyl (C=O) groups is 2. The van der Waals surface area contributed by atoms with Crippen LogP contribution in [0.2, 0.25) is 0 Å². The van der Waals surface area contributed by atoms with Gasteiger partial charge in [0.25, 0.3) is 5.56 Å². The summed E-state index contributed by atoms with van der Waals surface area (Å²) in [7, 11) is 0. The lowest BCUT2D eigenvalue weighted by molar-refractivity contribution is -0.125. The number of aromatic nitrogens is 2. The fraction of sp³-hybridized carbons (Fsp3) is 0.214. The standard InChI is InChI=1S/C28H27N3O3S/c1-18-13-19(2)15-22(14-18)31-27(34)23-11-7-8-12-24(23)30-28(31)35-17-26(33)29-25(20(3)32)16-21-9-5-4-6-10-21/h4-15,25H,16-17H2,1-3H3,(H,29,33)/t25-/m1/s1. The first kappa shape index (κ1) is 24.4. The summed E-state index contributed by atoms with van der Waals surface area (Å²) in [4.78, 5) is 43.2. The fourth-order valence-corrected chi connectivity index (χ4v) is 4.85. The number of amides is 1. The summed E-state index contributed by atoms with van der Waals surface area (Å²) >= 11 is 1.18. The van der Waals surface area contributed by atoms with Crippen molar-refractivity contribution >= 4 is 34.4 Å². The summed E-state index contributed by atoms with van der Waals surface area (Å²) in [6.45, 7) is 5.43. The van der Waals surface area contributed by atoms with Gasteiger partial charge in [-0.2, -0.15) is 0 Å². The molecule has 0 saturated heterocycles. The van der Waals surface area contributed by atoms with Gasteiger partial charge in [-0.3, -0.25) is 19.0 Å². The molecule has 4 rings (SSSR count). The number of carbonyl (C=O) groups excluding carboxylic acids is 2. The minimum Gasteiger partial charge on any atom is -0.345 e. The highest BCUT2D eigenvalue weighted by atomic mass is 32.2. The number of fused-ring (bicyclic) bond motifs is 1. The van der Waals surface area contributed by atoms with Gasteiger partial charge in [0.2, 0.25) is 5.91 Å². The van der Waals surface area contributed by atoms with Crippen LogP contribution in [0.5, 0.6) is 0 Å². The maximum absolute atomic E-state index is 13.5. The first-order chi connectivity index (χ1) is 16.8. The monoisotopic (exact) mass is 485 g/mol. The maximum Gasteiger partial charge on any atom is 0.266 e. The van der Waals surface area contributed by atoms with Gasteiger partial charge in [-0.25, -0.2) is 4.98 Å². The van der Waals surface area contributed by atoms with Gasteiger partial charge >= 0.3 is 0 Å². The second-order valence-corrected chi connectivity index (χ2v) is 9.55. The lowest BCUT2D eigenvalue weighted by atomic mass is 10.0. The number of benzene rings is 3. The molecule has 0 fully saturated rings. The van der Waals surface area contributed by atoms with E-state index in [1.165, 1.54) is 18.7 Å². The zero-order valence-corrected chi connectivity index (χ0v) is 20.8. The van der Waals surface area contributed by atoms with E-state index in [1.807, 2.05) is 74.5 Å². The van der Waals surface area contributed by atoms with Crippen LogP contribution in [0.25, 0.3) is 16.6 Å². The molecule has 1 heterocycles. The molecule has 0 radical (unpaired) electrons. The van der Waals surface area contributed by atoms with E-state index in [4.69, 9.17) is 4.98 Å². The molecule has 0 saturated carbocycles. The lowest BCUT2D eigenvalue weighted by Crippen LogP contribution is -2.42. The topological polar surface area (TPSA) is 81.1 Å². The lowest BCUT2D eigenvalue weighted by Gasteiger charge is -2.17. The molecule has 35 heavy (non-hydrogen) atoms. The number of hydrogen-bond donors (Lipinski definition) is 1. The first-order valence-corrected chi connectivity index (χ1v) is 12.4. The number of aryl methyl sites for hydroxylation is 2. The molecule has 0 bridgehead atoms. The van der Waals surface area contributed by atoms with E-state index in [9.17, 15) is 14.4 Å². The highest BCUT2D eigenvalue weighted by molar-refractivity contribution is 7.99. The number of thioether (sulfide) groups is 1. The molecule has 0 aliphatic rings.